The van der Waals surface area contributed by atoms with E-state index in [4.69, 9.17) is 11.6 Å². The number of para-hydroxylation sites is 1. The fraction of sp³-hybridized carbons (Fsp3) is 0.333. The monoisotopic (exact) mass is 293 g/mol. The molecule has 0 heterocycles. The van der Waals surface area contributed by atoms with Crippen LogP contribution < -0.4 is 10.2 Å². The molecule has 0 atom stereocenters. The smallest absolute Gasteiger partial charge is 0.243 e. The van der Waals surface area contributed by atoms with E-state index in [-0.39, 0.29) is 11.8 Å². The van der Waals surface area contributed by atoms with Crippen LogP contribution in [0.1, 0.15) is 11.1 Å². The lowest BCUT2D eigenvalue weighted by atomic mass is 10.1. The highest BCUT2D eigenvalue weighted by Gasteiger charge is 2.17. The van der Waals surface area contributed by atoms with Crippen LogP contribution in [0.5, 0.6) is 0 Å². The summed E-state index contributed by atoms with van der Waals surface area (Å²) in [4.78, 5) is 17.5. The summed E-state index contributed by atoms with van der Waals surface area (Å²) in [5.74, 6) is -0.176. The molecule has 1 N–H and O–H groups in total. The van der Waals surface area contributed by atoms with Crippen LogP contribution in [0.25, 0.3) is 0 Å². The van der Waals surface area contributed by atoms with E-state index in [0.717, 1.165) is 16.8 Å². The number of amides is 1. The second kappa shape index (κ2) is 8.38. The van der Waals surface area contributed by atoms with Crippen LogP contribution in [-0.4, -0.2) is 31.7 Å². The van der Waals surface area contributed by atoms with Crippen LogP contribution in [0.3, 0.4) is 0 Å². The van der Waals surface area contributed by atoms with Crippen molar-refractivity contribution in [2.24, 2.45) is 4.99 Å². The van der Waals surface area contributed by atoms with Crippen molar-refractivity contribution in [3.8, 4) is 0 Å². The maximum Gasteiger partial charge on any atom is 0.243 e. The van der Waals surface area contributed by atoms with Crippen LogP contribution >= 0.6 is 11.6 Å². The number of carbonyl (C=O) groups excluding carboxylic acids is 1. The van der Waals surface area contributed by atoms with Gasteiger partial charge in [-0.15, -0.1) is 11.6 Å². The third kappa shape index (κ3) is 4.38. The minimum atomic E-state index is -0.130. The molecular formula is C15H20ClN3O. The first-order valence-corrected chi connectivity index (χ1v) is 6.88. The number of nitrogens with zero attached hydrogens (tertiary/aromatic N) is 2. The molecule has 1 rings (SSSR count). The van der Waals surface area contributed by atoms with Gasteiger partial charge in [0.1, 0.15) is 5.88 Å². The normalized spacial score (nSPS) is 11.2. The van der Waals surface area contributed by atoms with Gasteiger partial charge in [0.2, 0.25) is 5.91 Å². The predicted octanol–water partition coefficient (Wildman–Crippen LogP) is 2.64. The molecule has 0 radical (unpaired) electrons. The number of nitrogens with one attached hydrogen (secondary N) is 1. The number of hydrogen-bond acceptors (Lipinski definition) is 3. The lowest BCUT2D eigenvalue weighted by Crippen LogP contribution is -2.39. The molecule has 0 aliphatic carbocycles. The molecule has 0 saturated heterocycles. The van der Waals surface area contributed by atoms with Crippen molar-refractivity contribution < 1.29 is 4.79 Å². The summed E-state index contributed by atoms with van der Waals surface area (Å²) in [6, 6.07) is 5.94. The van der Waals surface area contributed by atoms with Gasteiger partial charge in [0.25, 0.3) is 0 Å². The molecule has 1 amide bonds. The molecule has 0 bridgehead atoms. The van der Waals surface area contributed by atoms with Gasteiger partial charge in [-0.2, -0.15) is 0 Å². The number of anilines is 1. The topological polar surface area (TPSA) is 44.7 Å². The maximum atomic E-state index is 12.0. The number of carbonyl (C=O) groups is 1. The van der Waals surface area contributed by atoms with Crippen molar-refractivity contribution in [2.75, 3.05) is 24.5 Å². The lowest BCUT2D eigenvalue weighted by molar-refractivity contribution is -0.116. The van der Waals surface area contributed by atoms with Gasteiger partial charge in [-0.05, 0) is 37.3 Å². The summed E-state index contributed by atoms with van der Waals surface area (Å²) in [5, 5.41) is 3.06. The number of alkyl halides is 1. The quantitative estimate of drug-likeness (QED) is 0.498. The van der Waals surface area contributed by atoms with Crippen LogP contribution in [0.2, 0.25) is 0 Å². The average molecular weight is 294 g/mol. The highest BCUT2D eigenvalue weighted by Crippen LogP contribution is 2.24. The Kier molecular flexibility index (Phi) is 6.81. The molecule has 0 aliphatic heterocycles. The van der Waals surface area contributed by atoms with Gasteiger partial charge in [0.15, 0.2) is 0 Å². The zero-order valence-corrected chi connectivity index (χ0v) is 12.8. The molecule has 20 heavy (non-hydrogen) atoms. The summed E-state index contributed by atoms with van der Waals surface area (Å²) < 4.78 is 0. The number of benzene rings is 1. The molecule has 0 fully saturated rings. The molecule has 0 saturated carbocycles. The van der Waals surface area contributed by atoms with Crippen molar-refractivity contribution in [2.45, 2.75) is 13.8 Å². The molecule has 1 aromatic carbocycles. The Balaban J connectivity index is 2.92. The van der Waals surface area contributed by atoms with E-state index in [2.05, 4.69) is 10.3 Å². The molecule has 0 spiro atoms. The first-order valence-electron chi connectivity index (χ1n) is 6.35. The van der Waals surface area contributed by atoms with Crippen molar-refractivity contribution in [3.05, 3.63) is 41.6 Å². The van der Waals surface area contributed by atoms with Gasteiger partial charge in [-0.3, -0.25) is 14.7 Å². The molecular weight excluding hydrogens is 274 g/mol. The fourth-order valence-corrected chi connectivity index (χ4v) is 2.08. The summed E-state index contributed by atoms with van der Waals surface area (Å²) in [5.41, 5.74) is 3.00. The van der Waals surface area contributed by atoms with Crippen molar-refractivity contribution in [1.82, 2.24) is 5.32 Å². The van der Waals surface area contributed by atoms with E-state index in [1.165, 1.54) is 0 Å². The van der Waals surface area contributed by atoms with E-state index < -0.39 is 0 Å². The summed E-state index contributed by atoms with van der Waals surface area (Å²) in [6.45, 7) is 4.33. The maximum absolute atomic E-state index is 12.0. The van der Waals surface area contributed by atoms with Gasteiger partial charge in [0.05, 0.1) is 12.4 Å². The highest BCUT2D eigenvalue weighted by atomic mass is 35.5. The zero-order chi connectivity index (χ0) is 15.0. The Morgan fingerprint density at radius 3 is 2.60 bits per heavy atom. The van der Waals surface area contributed by atoms with Crippen molar-refractivity contribution >= 4 is 29.4 Å². The largest absolute Gasteiger partial charge is 0.373 e. The molecule has 1 aromatic rings. The highest BCUT2D eigenvalue weighted by molar-refractivity contribution is 6.29. The molecule has 4 nitrogen and oxygen atoms in total. The van der Waals surface area contributed by atoms with Crippen LogP contribution in [0.4, 0.5) is 5.69 Å². The predicted molar refractivity (Wildman–Crippen MR) is 85.7 cm³/mol. The van der Waals surface area contributed by atoms with Crippen LogP contribution in [0.15, 0.2) is 35.5 Å². The van der Waals surface area contributed by atoms with Gasteiger partial charge < -0.3 is 5.32 Å². The standard InChI is InChI=1S/C15H20ClN3O/c1-12-6-4-7-13(2)15(12)19(14(20)10-16)11-18-9-5-8-17-3/h4-9,18H,10-11H2,1-3H3. The van der Waals surface area contributed by atoms with E-state index in [1.54, 1.807) is 30.4 Å². The van der Waals surface area contributed by atoms with Crippen molar-refractivity contribution in [1.29, 1.82) is 0 Å². The number of allylic oxidation sites excluding steroid dienone is 1. The Morgan fingerprint density at radius 2 is 2.05 bits per heavy atom. The number of aryl methyl sites for hydroxylation is 2. The first-order chi connectivity index (χ1) is 9.61. The number of halogens is 1. The van der Waals surface area contributed by atoms with E-state index >= 15 is 0 Å². The van der Waals surface area contributed by atoms with E-state index in [9.17, 15) is 4.79 Å². The average Bonchev–Trinajstić information content (AvgIpc) is 2.44. The zero-order valence-electron chi connectivity index (χ0n) is 12.1. The second-order valence-electron chi connectivity index (χ2n) is 4.32. The molecule has 0 unspecified atom stereocenters. The molecule has 5 heteroatoms. The minimum absolute atomic E-state index is 0.0460. The van der Waals surface area contributed by atoms with Gasteiger partial charge in [0, 0.05) is 13.3 Å². The number of aliphatic imine (C=N–C) groups is 1. The van der Waals surface area contributed by atoms with Gasteiger partial charge in [-0.1, -0.05) is 18.2 Å². The Labute approximate surface area is 125 Å². The number of hydrogen-bond donors (Lipinski definition) is 1. The first kappa shape index (κ1) is 16.2. The minimum Gasteiger partial charge on any atom is -0.373 e. The third-order valence-electron chi connectivity index (χ3n) is 2.82. The Hall–Kier alpha value is -1.81. The SMILES string of the molecule is CN=CC=CNCN(C(=O)CCl)c1c(C)cccc1C. The van der Waals surface area contributed by atoms with Gasteiger partial charge >= 0.3 is 0 Å². The molecule has 108 valence electrons. The summed E-state index contributed by atoms with van der Waals surface area (Å²) in [7, 11) is 1.70. The Morgan fingerprint density at radius 1 is 1.40 bits per heavy atom. The molecule has 0 aromatic heterocycles. The molecule has 0 aliphatic rings. The van der Waals surface area contributed by atoms with E-state index in [1.807, 2.05) is 32.0 Å². The van der Waals surface area contributed by atoms with Gasteiger partial charge in [-0.25, -0.2) is 0 Å². The van der Waals surface area contributed by atoms with Crippen molar-refractivity contribution in [3.63, 3.8) is 0 Å². The number of rotatable bonds is 6. The fourth-order valence-electron chi connectivity index (χ4n) is 1.94. The van der Waals surface area contributed by atoms with E-state index in [0.29, 0.717) is 6.67 Å². The lowest BCUT2D eigenvalue weighted by Gasteiger charge is -2.25. The summed E-state index contributed by atoms with van der Waals surface area (Å²) >= 11 is 5.71. The Bertz CT molecular complexity index is 492. The third-order valence-corrected chi connectivity index (χ3v) is 3.05. The summed E-state index contributed by atoms with van der Waals surface area (Å²) in [6.07, 6.45) is 5.18. The van der Waals surface area contributed by atoms with Crippen LogP contribution in [0, 0.1) is 13.8 Å². The van der Waals surface area contributed by atoms with Crippen LogP contribution in [-0.2, 0) is 4.79 Å². The second-order valence-corrected chi connectivity index (χ2v) is 4.59.